The van der Waals surface area contributed by atoms with Crippen molar-refractivity contribution in [3.63, 3.8) is 0 Å². The Morgan fingerprint density at radius 3 is 2.57 bits per heavy atom. The van der Waals surface area contributed by atoms with Crippen molar-refractivity contribution in [1.82, 2.24) is 0 Å². The van der Waals surface area contributed by atoms with Crippen LogP contribution in [-0.4, -0.2) is 18.5 Å². The lowest BCUT2D eigenvalue weighted by Gasteiger charge is -2.16. The largest absolute Gasteiger partial charge is 0.378 e. The summed E-state index contributed by atoms with van der Waals surface area (Å²) in [6, 6.07) is 6.35. The highest BCUT2D eigenvalue weighted by Gasteiger charge is 2.19. The summed E-state index contributed by atoms with van der Waals surface area (Å²) in [6.07, 6.45) is 4.01. The first-order valence-electron chi connectivity index (χ1n) is 8.27. The predicted molar refractivity (Wildman–Crippen MR) is 87.2 cm³/mol. The average molecular weight is 288 g/mol. The van der Waals surface area contributed by atoms with E-state index in [-0.39, 0.29) is 5.78 Å². The van der Waals surface area contributed by atoms with Gasteiger partial charge in [-0.15, -0.1) is 0 Å². The molecule has 1 saturated heterocycles. The van der Waals surface area contributed by atoms with Gasteiger partial charge in [0, 0.05) is 18.6 Å². The highest BCUT2D eigenvalue weighted by Crippen LogP contribution is 2.27. The molecule has 1 unspecified atom stereocenters. The van der Waals surface area contributed by atoms with Gasteiger partial charge in [0.1, 0.15) is 0 Å². The van der Waals surface area contributed by atoms with Crippen molar-refractivity contribution in [2.24, 2.45) is 0 Å². The highest BCUT2D eigenvalue weighted by atomic mass is 16.5. The lowest BCUT2D eigenvalue weighted by Crippen LogP contribution is -2.11. The number of carbonyl (C=O) groups is 1. The minimum absolute atomic E-state index is 0.268. The summed E-state index contributed by atoms with van der Waals surface area (Å²) in [5.41, 5.74) is 3.42. The van der Waals surface area contributed by atoms with E-state index in [1.165, 1.54) is 11.1 Å². The van der Waals surface area contributed by atoms with Crippen LogP contribution in [0.3, 0.4) is 0 Å². The molecule has 2 nitrogen and oxygen atoms in total. The molecule has 0 N–H and O–H groups in total. The van der Waals surface area contributed by atoms with Gasteiger partial charge in [0.25, 0.3) is 0 Å². The molecule has 1 heterocycles. The summed E-state index contributed by atoms with van der Waals surface area (Å²) in [4.78, 5) is 12.6. The molecule has 1 aromatic rings. The molecule has 0 spiro atoms. The molecule has 21 heavy (non-hydrogen) atoms. The van der Waals surface area contributed by atoms with Gasteiger partial charge in [-0.1, -0.05) is 45.9 Å². The molecule has 2 rings (SSSR count). The fraction of sp³-hybridized carbons (Fsp3) is 0.632. The smallest absolute Gasteiger partial charge is 0.163 e. The van der Waals surface area contributed by atoms with Gasteiger partial charge >= 0.3 is 0 Å². The minimum atomic E-state index is 0.268. The molecule has 1 aliphatic rings. The third kappa shape index (κ3) is 4.16. The van der Waals surface area contributed by atoms with E-state index in [1.807, 2.05) is 6.07 Å². The SMILES string of the molecule is CC(C)c1ccc(C(=O)CCC2CCCO2)c(C(C)C)c1. The van der Waals surface area contributed by atoms with E-state index in [9.17, 15) is 4.79 Å². The van der Waals surface area contributed by atoms with Gasteiger partial charge < -0.3 is 4.74 Å². The van der Waals surface area contributed by atoms with Gasteiger partial charge in [-0.3, -0.25) is 4.79 Å². The van der Waals surface area contributed by atoms with Crippen LogP contribution in [0.4, 0.5) is 0 Å². The topological polar surface area (TPSA) is 26.3 Å². The fourth-order valence-electron chi connectivity index (χ4n) is 2.97. The van der Waals surface area contributed by atoms with E-state index in [4.69, 9.17) is 4.74 Å². The quantitative estimate of drug-likeness (QED) is 0.683. The molecular weight excluding hydrogens is 260 g/mol. The van der Waals surface area contributed by atoms with Gasteiger partial charge in [0.05, 0.1) is 6.10 Å². The molecule has 2 heteroatoms. The van der Waals surface area contributed by atoms with Crippen molar-refractivity contribution in [3.05, 3.63) is 34.9 Å². The molecule has 1 aromatic carbocycles. The lowest BCUT2D eigenvalue weighted by molar-refractivity contribution is 0.0858. The second kappa shape index (κ2) is 7.22. The Bertz CT molecular complexity index is 482. The first-order chi connectivity index (χ1) is 9.99. The van der Waals surface area contributed by atoms with Crippen LogP contribution in [0.25, 0.3) is 0 Å². The van der Waals surface area contributed by atoms with Gasteiger partial charge in [-0.05, 0) is 42.2 Å². The molecule has 0 aliphatic carbocycles. The second-order valence-corrected chi connectivity index (χ2v) is 6.75. The first-order valence-corrected chi connectivity index (χ1v) is 8.27. The Morgan fingerprint density at radius 1 is 1.24 bits per heavy atom. The lowest BCUT2D eigenvalue weighted by atomic mass is 9.88. The molecular formula is C19H28O2. The zero-order valence-electron chi connectivity index (χ0n) is 13.8. The molecule has 116 valence electrons. The molecule has 1 aliphatic heterocycles. The summed E-state index contributed by atoms with van der Waals surface area (Å²) in [5.74, 6) is 1.15. The molecule has 0 aromatic heterocycles. The number of Topliss-reactive ketones (excluding diaryl/α,β-unsaturated/α-hetero) is 1. The van der Waals surface area contributed by atoms with Crippen LogP contribution < -0.4 is 0 Å². The van der Waals surface area contributed by atoms with Gasteiger partial charge in [0.15, 0.2) is 5.78 Å². The Balaban J connectivity index is 2.11. The normalized spacial score (nSPS) is 18.7. The number of carbonyl (C=O) groups excluding carboxylic acids is 1. The number of hydrogen-bond acceptors (Lipinski definition) is 2. The standard InChI is InChI=1S/C19H28O2/c1-13(2)15-7-9-17(18(12-15)14(3)4)19(20)10-8-16-6-5-11-21-16/h7,9,12-14,16H,5-6,8,10-11H2,1-4H3. The Kier molecular flexibility index (Phi) is 5.58. The van der Waals surface area contributed by atoms with Crippen LogP contribution in [0.1, 0.15) is 86.7 Å². The summed E-state index contributed by atoms with van der Waals surface area (Å²) in [6.45, 7) is 9.57. The number of rotatable bonds is 6. The second-order valence-electron chi connectivity index (χ2n) is 6.75. The summed E-state index contributed by atoms with van der Waals surface area (Å²) >= 11 is 0. The van der Waals surface area contributed by atoms with Crippen LogP contribution in [0.15, 0.2) is 18.2 Å². The Morgan fingerprint density at radius 2 is 2.00 bits per heavy atom. The van der Waals surface area contributed by atoms with Crippen LogP contribution in [0, 0.1) is 0 Å². The van der Waals surface area contributed by atoms with Crippen molar-refractivity contribution in [1.29, 1.82) is 0 Å². The molecule has 1 fully saturated rings. The van der Waals surface area contributed by atoms with Crippen molar-refractivity contribution in [2.45, 2.75) is 71.3 Å². The van der Waals surface area contributed by atoms with E-state index < -0.39 is 0 Å². The maximum atomic E-state index is 12.6. The molecule has 0 saturated carbocycles. The third-order valence-corrected chi connectivity index (χ3v) is 4.38. The van der Waals surface area contributed by atoms with E-state index >= 15 is 0 Å². The monoisotopic (exact) mass is 288 g/mol. The van der Waals surface area contributed by atoms with Crippen LogP contribution >= 0.6 is 0 Å². The third-order valence-electron chi connectivity index (χ3n) is 4.38. The van der Waals surface area contributed by atoms with Crippen LogP contribution in [-0.2, 0) is 4.74 Å². The van der Waals surface area contributed by atoms with Gasteiger partial charge in [-0.2, -0.15) is 0 Å². The Labute approximate surface area is 128 Å². The Hall–Kier alpha value is -1.15. The number of ether oxygens (including phenoxy) is 1. The highest BCUT2D eigenvalue weighted by molar-refractivity contribution is 5.97. The predicted octanol–water partition coefficient (Wildman–Crippen LogP) is 5.08. The van der Waals surface area contributed by atoms with E-state index in [0.29, 0.717) is 24.4 Å². The summed E-state index contributed by atoms with van der Waals surface area (Å²) in [7, 11) is 0. The molecule has 1 atom stereocenters. The number of ketones is 1. The van der Waals surface area contributed by atoms with E-state index in [2.05, 4.69) is 39.8 Å². The zero-order chi connectivity index (χ0) is 15.4. The first kappa shape index (κ1) is 16.2. The minimum Gasteiger partial charge on any atom is -0.378 e. The number of benzene rings is 1. The van der Waals surface area contributed by atoms with Crippen LogP contribution in [0.5, 0.6) is 0 Å². The number of hydrogen-bond donors (Lipinski definition) is 0. The van der Waals surface area contributed by atoms with Gasteiger partial charge in [0.2, 0.25) is 0 Å². The summed E-state index contributed by atoms with van der Waals surface area (Å²) < 4.78 is 5.62. The van der Waals surface area contributed by atoms with Crippen molar-refractivity contribution in [2.75, 3.05) is 6.61 Å². The van der Waals surface area contributed by atoms with Crippen molar-refractivity contribution < 1.29 is 9.53 Å². The maximum Gasteiger partial charge on any atom is 0.163 e. The maximum absolute atomic E-state index is 12.6. The van der Waals surface area contributed by atoms with E-state index in [0.717, 1.165) is 31.4 Å². The van der Waals surface area contributed by atoms with Crippen molar-refractivity contribution >= 4 is 5.78 Å². The molecule has 0 radical (unpaired) electrons. The summed E-state index contributed by atoms with van der Waals surface area (Å²) in [5, 5.41) is 0. The molecule has 0 amide bonds. The fourth-order valence-corrected chi connectivity index (χ4v) is 2.97. The average Bonchev–Trinajstić information content (AvgIpc) is 2.97. The molecule has 0 bridgehead atoms. The zero-order valence-corrected chi connectivity index (χ0v) is 13.8. The van der Waals surface area contributed by atoms with Crippen molar-refractivity contribution in [3.8, 4) is 0 Å². The van der Waals surface area contributed by atoms with Gasteiger partial charge in [-0.25, -0.2) is 0 Å². The van der Waals surface area contributed by atoms with Crippen LogP contribution in [0.2, 0.25) is 0 Å². The van der Waals surface area contributed by atoms with E-state index in [1.54, 1.807) is 0 Å².